The standard InChI is InChI=1S/C24H25BCl3NO/c1-16-4-6-18(12-23(16)27)25(19-7-5-17(2)24(28)13-19)20(14-29-3)15-30-22-10-8-21(26)9-11-22/h4-13,20,29H,14-15H2,1-3H3. The molecule has 2 nitrogen and oxygen atoms in total. The number of halogens is 3. The summed E-state index contributed by atoms with van der Waals surface area (Å²) in [6.07, 6.45) is 0. The topological polar surface area (TPSA) is 21.3 Å². The first-order chi connectivity index (χ1) is 14.4. The maximum Gasteiger partial charge on any atom is 0.217 e. The van der Waals surface area contributed by atoms with Crippen LogP contribution in [0.5, 0.6) is 5.75 Å². The van der Waals surface area contributed by atoms with Crippen LogP contribution in [0.2, 0.25) is 20.9 Å². The van der Waals surface area contributed by atoms with Gasteiger partial charge >= 0.3 is 0 Å². The van der Waals surface area contributed by atoms with Crippen LogP contribution < -0.4 is 21.0 Å². The minimum absolute atomic E-state index is 0.0703. The minimum atomic E-state index is 0.0703. The van der Waals surface area contributed by atoms with Gasteiger partial charge in [0.1, 0.15) is 5.75 Å². The molecule has 30 heavy (non-hydrogen) atoms. The summed E-state index contributed by atoms with van der Waals surface area (Å²) in [4.78, 5) is 0. The first-order valence-corrected chi connectivity index (χ1v) is 11.1. The number of hydrogen-bond donors (Lipinski definition) is 1. The van der Waals surface area contributed by atoms with E-state index in [2.05, 4.69) is 41.7 Å². The Bertz CT molecular complexity index is 943. The molecular weight excluding hydrogens is 435 g/mol. The molecule has 3 aromatic carbocycles. The molecule has 1 atom stereocenters. The van der Waals surface area contributed by atoms with Crippen molar-refractivity contribution < 1.29 is 4.74 Å². The molecule has 0 aliphatic carbocycles. The van der Waals surface area contributed by atoms with Gasteiger partial charge in [0.15, 0.2) is 0 Å². The predicted octanol–water partition coefficient (Wildman–Crippen LogP) is 5.54. The average Bonchev–Trinajstić information content (AvgIpc) is 2.72. The highest BCUT2D eigenvalue weighted by Gasteiger charge is 2.30. The molecule has 3 aromatic rings. The monoisotopic (exact) mass is 459 g/mol. The number of nitrogens with one attached hydrogen (secondary N) is 1. The van der Waals surface area contributed by atoms with Crippen LogP contribution in [0.1, 0.15) is 11.1 Å². The second kappa shape index (κ2) is 10.6. The fourth-order valence-electron chi connectivity index (χ4n) is 3.61. The van der Waals surface area contributed by atoms with Crippen LogP contribution in [0.15, 0.2) is 60.7 Å². The minimum Gasteiger partial charge on any atom is -0.494 e. The molecule has 0 spiro atoms. The van der Waals surface area contributed by atoms with E-state index in [-0.39, 0.29) is 12.5 Å². The van der Waals surface area contributed by atoms with Crippen LogP contribution >= 0.6 is 34.8 Å². The van der Waals surface area contributed by atoms with Crippen molar-refractivity contribution in [2.45, 2.75) is 19.7 Å². The van der Waals surface area contributed by atoms with E-state index in [4.69, 9.17) is 39.5 Å². The van der Waals surface area contributed by atoms with E-state index in [1.807, 2.05) is 45.2 Å². The van der Waals surface area contributed by atoms with Gasteiger partial charge in [0.25, 0.3) is 0 Å². The van der Waals surface area contributed by atoms with Gasteiger partial charge in [-0.15, -0.1) is 0 Å². The first kappa shape index (κ1) is 23.0. The molecule has 0 saturated heterocycles. The van der Waals surface area contributed by atoms with Gasteiger partial charge in [-0.1, -0.05) is 70.0 Å². The van der Waals surface area contributed by atoms with Gasteiger partial charge in [-0.25, -0.2) is 0 Å². The maximum absolute atomic E-state index is 6.49. The third kappa shape index (κ3) is 5.73. The van der Waals surface area contributed by atoms with Crippen LogP contribution in [0.3, 0.4) is 0 Å². The van der Waals surface area contributed by atoms with Crippen LogP contribution in [0, 0.1) is 13.8 Å². The summed E-state index contributed by atoms with van der Waals surface area (Å²) in [5.74, 6) is 0.950. The number of hydrogen-bond acceptors (Lipinski definition) is 2. The van der Waals surface area contributed by atoms with Crippen molar-refractivity contribution in [3.63, 3.8) is 0 Å². The lowest BCUT2D eigenvalue weighted by Gasteiger charge is -2.26. The molecule has 0 bridgehead atoms. The summed E-state index contributed by atoms with van der Waals surface area (Å²) in [7, 11) is 1.95. The van der Waals surface area contributed by atoms with Crippen LogP contribution in [0.25, 0.3) is 0 Å². The van der Waals surface area contributed by atoms with Gasteiger partial charge in [-0.2, -0.15) is 0 Å². The molecule has 0 fully saturated rings. The molecule has 3 rings (SSSR count). The summed E-state index contributed by atoms with van der Waals surface area (Å²) in [6, 6.07) is 20.0. The summed E-state index contributed by atoms with van der Waals surface area (Å²) in [5, 5.41) is 5.53. The van der Waals surface area contributed by atoms with Gasteiger partial charge in [0, 0.05) is 15.1 Å². The third-order valence-electron chi connectivity index (χ3n) is 5.33. The van der Waals surface area contributed by atoms with Crippen molar-refractivity contribution in [2.24, 2.45) is 0 Å². The zero-order valence-corrected chi connectivity index (χ0v) is 19.7. The second-order valence-corrected chi connectivity index (χ2v) is 8.83. The molecule has 0 aromatic heterocycles. The van der Waals surface area contributed by atoms with Crippen molar-refractivity contribution in [3.05, 3.63) is 86.9 Å². The molecule has 0 heterocycles. The van der Waals surface area contributed by atoms with Crippen LogP contribution in [-0.2, 0) is 0 Å². The SMILES string of the molecule is CNCC(COc1ccc(Cl)cc1)B(c1ccc(C)c(Cl)c1)c1ccc(C)c(Cl)c1. The maximum atomic E-state index is 6.49. The predicted molar refractivity (Wildman–Crippen MR) is 132 cm³/mol. The van der Waals surface area contributed by atoms with Crippen molar-refractivity contribution in [1.29, 1.82) is 0 Å². The lowest BCUT2D eigenvalue weighted by molar-refractivity contribution is 0.308. The number of ether oxygens (including phenoxy) is 1. The van der Waals surface area contributed by atoms with Crippen molar-refractivity contribution in [1.82, 2.24) is 5.32 Å². The summed E-state index contributed by atoms with van der Waals surface area (Å²) < 4.78 is 6.14. The normalized spacial score (nSPS) is 11.9. The molecule has 0 radical (unpaired) electrons. The summed E-state index contributed by atoms with van der Waals surface area (Å²) in [5.41, 5.74) is 4.41. The summed E-state index contributed by atoms with van der Waals surface area (Å²) >= 11 is 19.0. The Morgan fingerprint density at radius 1 is 0.833 bits per heavy atom. The molecule has 1 N–H and O–H groups in total. The zero-order chi connectivity index (χ0) is 21.7. The lowest BCUT2D eigenvalue weighted by atomic mass is 9.33. The smallest absolute Gasteiger partial charge is 0.217 e. The summed E-state index contributed by atoms with van der Waals surface area (Å²) in [6.45, 7) is 5.40. The Kier molecular flexibility index (Phi) is 8.13. The molecule has 0 amide bonds. The largest absolute Gasteiger partial charge is 0.494 e. The van der Waals surface area contributed by atoms with E-state index in [9.17, 15) is 0 Å². The van der Waals surface area contributed by atoms with Gasteiger partial charge in [-0.3, -0.25) is 0 Å². The highest BCUT2D eigenvalue weighted by molar-refractivity contribution is 6.86. The van der Waals surface area contributed by atoms with E-state index >= 15 is 0 Å². The van der Waals surface area contributed by atoms with E-state index in [0.29, 0.717) is 11.6 Å². The zero-order valence-electron chi connectivity index (χ0n) is 17.4. The molecule has 6 heteroatoms. The Hall–Kier alpha value is -1.65. The Morgan fingerprint density at radius 3 is 1.83 bits per heavy atom. The molecule has 0 aliphatic heterocycles. The molecular formula is C24H25BCl3NO. The fourth-order valence-corrected chi connectivity index (χ4v) is 4.12. The number of benzene rings is 3. The number of rotatable bonds is 8. The lowest BCUT2D eigenvalue weighted by Crippen LogP contribution is -2.50. The van der Waals surface area contributed by atoms with E-state index < -0.39 is 0 Å². The highest BCUT2D eigenvalue weighted by Crippen LogP contribution is 2.21. The molecule has 1 unspecified atom stereocenters. The third-order valence-corrected chi connectivity index (χ3v) is 6.39. The van der Waals surface area contributed by atoms with E-state index in [1.165, 1.54) is 0 Å². The quantitative estimate of drug-likeness (QED) is 0.446. The highest BCUT2D eigenvalue weighted by atomic mass is 35.5. The van der Waals surface area contributed by atoms with Crippen LogP contribution in [-0.4, -0.2) is 26.9 Å². The average molecular weight is 461 g/mol. The Balaban J connectivity index is 1.98. The second-order valence-electron chi connectivity index (χ2n) is 7.58. The Morgan fingerprint density at radius 2 is 1.37 bits per heavy atom. The van der Waals surface area contributed by atoms with Crippen molar-refractivity contribution in [3.8, 4) is 5.75 Å². The number of aryl methyl sites for hydroxylation is 2. The molecule has 0 aliphatic rings. The fraction of sp³-hybridized carbons (Fsp3) is 0.250. The van der Waals surface area contributed by atoms with Gasteiger partial charge in [0.2, 0.25) is 6.71 Å². The van der Waals surface area contributed by atoms with Gasteiger partial charge in [0.05, 0.1) is 6.61 Å². The molecule has 156 valence electrons. The van der Waals surface area contributed by atoms with Crippen molar-refractivity contribution in [2.75, 3.05) is 20.2 Å². The molecule has 0 saturated carbocycles. The van der Waals surface area contributed by atoms with E-state index in [1.54, 1.807) is 0 Å². The van der Waals surface area contributed by atoms with Gasteiger partial charge in [-0.05, 0) is 80.8 Å². The van der Waals surface area contributed by atoms with Gasteiger partial charge < -0.3 is 10.1 Å². The van der Waals surface area contributed by atoms with Crippen molar-refractivity contribution >= 4 is 52.4 Å². The van der Waals surface area contributed by atoms with Crippen LogP contribution in [0.4, 0.5) is 0 Å². The first-order valence-electron chi connectivity index (χ1n) is 9.94. The van der Waals surface area contributed by atoms with E-state index in [0.717, 1.165) is 44.4 Å². The Labute approximate surface area is 194 Å².